The van der Waals surface area contributed by atoms with E-state index in [9.17, 15) is 19.2 Å². The van der Waals surface area contributed by atoms with Gasteiger partial charge < -0.3 is 28.4 Å². The fourth-order valence-corrected chi connectivity index (χ4v) is 6.60. The van der Waals surface area contributed by atoms with Gasteiger partial charge in [0.2, 0.25) is 0 Å². The molecule has 184 valence electrons. The van der Waals surface area contributed by atoms with Crippen molar-refractivity contribution in [2.24, 2.45) is 17.8 Å². The van der Waals surface area contributed by atoms with Crippen LogP contribution in [0.15, 0.2) is 0 Å². The molecule has 10 nitrogen and oxygen atoms in total. The summed E-state index contributed by atoms with van der Waals surface area (Å²) in [5.41, 5.74) is -0.465. The summed E-state index contributed by atoms with van der Waals surface area (Å²) in [7, 11) is 1.17. The minimum Gasteiger partial charge on any atom is -0.467 e. The van der Waals surface area contributed by atoms with Gasteiger partial charge in [-0.15, -0.1) is 0 Å². The zero-order chi connectivity index (χ0) is 23.9. The van der Waals surface area contributed by atoms with Crippen molar-refractivity contribution in [2.45, 2.75) is 95.6 Å². The monoisotopic (exact) mass is 468 g/mol. The van der Waals surface area contributed by atoms with Gasteiger partial charge in [0, 0.05) is 20.8 Å². The van der Waals surface area contributed by atoms with Crippen molar-refractivity contribution in [2.75, 3.05) is 7.11 Å². The van der Waals surface area contributed by atoms with E-state index in [1.165, 1.54) is 40.2 Å². The Hall–Kier alpha value is -2.20. The normalized spacial score (nSPS) is 41.2. The Morgan fingerprint density at radius 3 is 1.64 bits per heavy atom. The van der Waals surface area contributed by atoms with Crippen molar-refractivity contribution in [3.63, 3.8) is 0 Å². The molecule has 4 aliphatic carbocycles. The van der Waals surface area contributed by atoms with Crippen LogP contribution in [0.25, 0.3) is 0 Å². The molecule has 0 aromatic carbocycles. The molecule has 4 saturated carbocycles. The lowest BCUT2D eigenvalue weighted by Crippen LogP contribution is -2.66. The number of hydrogen-bond acceptors (Lipinski definition) is 10. The van der Waals surface area contributed by atoms with Crippen LogP contribution >= 0.6 is 0 Å². The molecule has 0 aromatic rings. The van der Waals surface area contributed by atoms with Crippen LogP contribution in [0.4, 0.5) is 0 Å². The smallest absolute Gasteiger partial charge is 0.339 e. The average molecular weight is 468 g/mol. The van der Waals surface area contributed by atoms with E-state index in [4.69, 9.17) is 28.4 Å². The van der Waals surface area contributed by atoms with Crippen LogP contribution < -0.4 is 0 Å². The van der Waals surface area contributed by atoms with Gasteiger partial charge in [0.25, 0.3) is 0 Å². The number of esters is 4. The average Bonchev–Trinajstić information content (AvgIpc) is 2.69. The summed E-state index contributed by atoms with van der Waals surface area (Å²) in [5.74, 6) is -1.19. The SMILES string of the molecule is COC(=O)[C@@H]1O[C@@H](OC23CC4CC(CC(C4)C2)C3)[C@H](OC(C)=O)[C@@H](OC(C)=O)[C@@H]1OC(C)=O. The lowest BCUT2D eigenvalue weighted by molar-refractivity contribution is -0.338. The summed E-state index contributed by atoms with van der Waals surface area (Å²) in [6.45, 7) is 3.53. The van der Waals surface area contributed by atoms with Crippen molar-refractivity contribution in [3.8, 4) is 0 Å². The Morgan fingerprint density at radius 1 is 0.727 bits per heavy atom. The van der Waals surface area contributed by atoms with Gasteiger partial charge in [-0.25, -0.2) is 4.79 Å². The zero-order valence-corrected chi connectivity index (χ0v) is 19.4. The lowest BCUT2D eigenvalue weighted by Gasteiger charge is -2.57. The molecule has 0 unspecified atom stereocenters. The molecule has 0 N–H and O–H groups in total. The van der Waals surface area contributed by atoms with Crippen LogP contribution in [0.1, 0.15) is 59.3 Å². The Bertz CT molecular complexity index is 772. The maximum Gasteiger partial charge on any atom is 0.339 e. The number of hydrogen-bond donors (Lipinski definition) is 0. The second-order valence-corrected chi connectivity index (χ2v) is 9.89. The van der Waals surface area contributed by atoms with Crippen molar-refractivity contribution >= 4 is 23.9 Å². The first-order chi connectivity index (χ1) is 15.6. The molecule has 33 heavy (non-hydrogen) atoms. The van der Waals surface area contributed by atoms with E-state index < -0.39 is 60.2 Å². The summed E-state index contributed by atoms with van der Waals surface area (Å²) in [6.07, 6.45) is -0.388. The van der Waals surface area contributed by atoms with Crippen molar-refractivity contribution < 1.29 is 47.6 Å². The predicted octanol–water partition coefficient (Wildman–Crippen LogP) is 1.66. The minimum atomic E-state index is -1.42. The van der Waals surface area contributed by atoms with Gasteiger partial charge in [-0.05, 0) is 56.3 Å². The van der Waals surface area contributed by atoms with Gasteiger partial charge in [0.15, 0.2) is 30.7 Å². The molecule has 0 radical (unpaired) electrons. The van der Waals surface area contributed by atoms with Crippen LogP contribution in [-0.4, -0.2) is 67.3 Å². The summed E-state index contributed by atoms with van der Waals surface area (Å²) in [6, 6.07) is 0. The van der Waals surface area contributed by atoms with Gasteiger partial charge in [-0.3, -0.25) is 14.4 Å². The first-order valence-corrected chi connectivity index (χ1v) is 11.5. The van der Waals surface area contributed by atoms with E-state index in [2.05, 4.69) is 0 Å². The van der Waals surface area contributed by atoms with E-state index in [1.54, 1.807) is 0 Å². The van der Waals surface area contributed by atoms with Crippen molar-refractivity contribution in [1.82, 2.24) is 0 Å². The van der Waals surface area contributed by atoms with Crippen LogP contribution in [0.2, 0.25) is 0 Å². The van der Waals surface area contributed by atoms with Crippen molar-refractivity contribution in [1.29, 1.82) is 0 Å². The fraction of sp³-hybridized carbons (Fsp3) is 0.826. The summed E-state index contributed by atoms with van der Waals surface area (Å²) >= 11 is 0. The molecule has 5 atom stereocenters. The number of ether oxygens (including phenoxy) is 6. The molecule has 5 fully saturated rings. The van der Waals surface area contributed by atoms with Gasteiger partial charge in [0.05, 0.1) is 12.7 Å². The fourth-order valence-electron chi connectivity index (χ4n) is 6.60. The highest BCUT2D eigenvalue weighted by Crippen LogP contribution is 2.57. The third kappa shape index (κ3) is 5.01. The molecule has 0 amide bonds. The lowest BCUT2D eigenvalue weighted by atomic mass is 9.54. The zero-order valence-electron chi connectivity index (χ0n) is 19.4. The molecule has 5 rings (SSSR count). The maximum atomic E-state index is 12.6. The molecule has 0 aromatic heterocycles. The molecule has 1 saturated heterocycles. The minimum absolute atomic E-state index is 0.465. The van der Waals surface area contributed by atoms with Crippen LogP contribution in [-0.2, 0) is 47.6 Å². The molecular weight excluding hydrogens is 436 g/mol. The molecule has 0 spiro atoms. The third-order valence-electron chi connectivity index (χ3n) is 7.18. The largest absolute Gasteiger partial charge is 0.467 e. The Kier molecular flexibility index (Phi) is 6.68. The molecule has 1 aliphatic heterocycles. The first kappa shape index (κ1) is 23.9. The molecule has 4 bridgehead atoms. The number of rotatable bonds is 6. The maximum absolute atomic E-state index is 12.6. The highest BCUT2D eigenvalue weighted by molar-refractivity contribution is 5.77. The molecular formula is C23H32O10. The quantitative estimate of drug-likeness (QED) is 0.420. The van der Waals surface area contributed by atoms with Gasteiger partial charge in [-0.2, -0.15) is 0 Å². The standard InChI is InChI=1S/C23H32O10/c1-11(24)29-17-18(30-12(2)25)20(31-13(3)26)22(32-19(17)21(27)28-4)33-23-8-14-5-15(9-23)7-16(6-14)10-23/h14-20,22H,5-10H2,1-4H3/t14?,15?,16?,17-,18-,19+,20+,22-,23?/m0/s1. The predicted molar refractivity (Wildman–Crippen MR) is 109 cm³/mol. The van der Waals surface area contributed by atoms with Gasteiger partial charge in [0.1, 0.15) is 0 Å². The van der Waals surface area contributed by atoms with Crippen LogP contribution in [0.3, 0.4) is 0 Å². The van der Waals surface area contributed by atoms with Crippen LogP contribution in [0, 0.1) is 17.8 Å². The second kappa shape index (κ2) is 9.21. The Labute approximate surface area is 192 Å². The van der Waals surface area contributed by atoms with E-state index in [-0.39, 0.29) is 0 Å². The Morgan fingerprint density at radius 2 is 1.18 bits per heavy atom. The molecule has 10 heteroatoms. The number of carbonyl (C=O) groups is 4. The van der Waals surface area contributed by atoms with Gasteiger partial charge in [-0.1, -0.05) is 0 Å². The number of carbonyl (C=O) groups excluding carboxylic acids is 4. The van der Waals surface area contributed by atoms with Crippen molar-refractivity contribution in [3.05, 3.63) is 0 Å². The van der Waals surface area contributed by atoms with Crippen LogP contribution in [0.5, 0.6) is 0 Å². The second-order valence-electron chi connectivity index (χ2n) is 9.89. The Balaban J connectivity index is 1.67. The first-order valence-electron chi connectivity index (χ1n) is 11.5. The van der Waals surface area contributed by atoms with E-state index in [1.807, 2.05) is 0 Å². The highest BCUT2D eigenvalue weighted by atomic mass is 16.7. The van der Waals surface area contributed by atoms with E-state index in [0.29, 0.717) is 17.8 Å². The van der Waals surface area contributed by atoms with E-state index in [0.717, 1.165) is 26.2 Å². The number of methoxy groups -OCH3 is 1. The molecule has 5 aliphatic rings. The topological polar surface area (TPSA) is 124 Å². The summed E-state index contributed by atoms with van der Waals surface area (Å²) in [4.78, 5) is 48.3. The molecule has 1 heterocycles. The summed E-state index contributed by atoms with van der Waals surface area (Å²) in [5, 5.41) is 0. The third-order valence-corrected chi connectivity index (χ3v) is 7.18. The van der Waals surface area contributed by atoms with Gasteiger partial charge >= 0.3 is 23.9 Å². The van der Waals surface area contributed by atoms with E-state index >= 15 is 0 Å². The summed E-state index contributed by atoms with van der Waals surface area (Å²) < 4.78 is 33.6. The highest BCUT2D eigenvalue weighted by Gasteiger charge is 2.59.